The minimum atomic E-state index is -0.311. The van der Waals surface area contributed by atoms with Crippen molar-refractivity contribution >= 4 is 22.2 Å². The minimum absolute atomic E-state index is 0.152. The highest BCUT2D eigenvalue weighted by Crippen LogP contribution is 2.18. The number of halogens is 2. The van der Waals surface area contributed by atoms with E-state index in [1.165, 1.54) is 6.07 Å². The number of carbonyl (C=O) groups is 1. The molecule has 0 aliphatic heterocycles. The zero-order valence-corrected chi connectivity index (χ0v) is 11.0. The van der Waals surface area contributed by atoms with Crippen molar-refractivity contribution in [2.45, 2.75) is 6.61 Å². The fourth-order valence-electron chi connectivity index (χ4n) is 1.44. The van der Waals surface area contributed by atoms with Crippen LogP contribution in [0.4, 0.5) is 4.39 Å². The van der Waals surface area contributed by atoms with Crippen molar-refractivity contribution in [2.24, 2.45) is 0 Å². The van der Waals surface area contributed by atoms with Crippen LogP contribution in [0, 0.1) is 5.82 Å². The predicted molar refractivity (Wildman–Crippen MR) is 70.3 cm³/mol. The number of aldehydes is 1. The molecule has 0 aromatic heterocycles. The third kappa shape index (κ3) is 3.17. The van der Waals surface area contributed by atoms with E-state index in [2.05, 4.69) is 15.9 Å². The molecule has 2 aromatic rings. The van der Waals surface area contributed by atoms with Crippen molar-refractivity contribution in [3.05, 3.63) is 63.9 Å². The van der Waals surface area contributed by atoms with Gasteiger partial charge in [-0.25, -0.2) is 4.39 Å². The molecule has 0 saturated carbocycles. The molecular formula is C14H10BrFO2. The first-order chi connectivity index (χ1) is 8.69. The Bertz CT molecular complexity index is 552. The first kappa shape index (κ1) is 12.8. The van der Waals surface area contributed by atoms with Crippen LogP contribution < -0.4 is 4.74 Å². The summed E-state index contributed by atoms with van der Waals surface area (Å²) in [6, 6.07) is 11.5. The molecule has 0 bridgehead atoms. The zero-order valence-electron chi connectivity index (χ0n) is 9.40. The van der Waals surface area contributed by atoms with Gasteiger partial charge in [0.25, 0.3) is 0 Å². The molecule has 0 heterocycles. The van der Waals surface area contributed by atoms with Crippen LogP contribution in [0.3, 0.4) is 0 Å². The molecule has 2 rings (SSSR count). The lowest BCUT2D eigenvalue weighted by atomic mass is 10.2. The van der Waals surface area contributed by atoms with Gasteiger partial charge in [0.2, 0.25) is 0 Å². The van der Waals surface area contributed by atoms with Crippen molar-refractivity contribution in [1.82, 2.24) is 0 Å². The lowest BCUT2D eigenvalue weighted by molar-refractivity contribution is 0.112. The smallest absolute Gasteiger partial charge is 0.150 e. The molecule has 0 aliphatic rings. The number of carbonyl (C=O) groups excluding carboxylic acids is 1. The van der Waals surface area contributed by atoms with Gasteiger partial charge in [0.15, 0.2) is 0 Å². The molecule has 0 spiro atoms. The normalized spacial score (nSPS) is 10.1. The summed E-state index contributed by atoms with van der Waals surface area (Å²) >= 11 is 3.19. The maximum atomic E-state index is 13.5. The van der Waals surface area contributed by atoms with Crippen LogP contribution in [-0.4, -0.2) is 6.29 Å². The average molecular weight is 309 g/mol. The zero-order chi connectivity index (χ0) is 13.0. The summed E-state index contributed by atoms with van der Waals surface area (Å²) in [7, 11) is 0. The summed E-state index contributed by atoms with van der Waals surface area (Å²) in [4.78, 5) is 10.5. The van der Waals surface area contributed by atoms with Crippen molar-refractivity contribution in [3.8, 4) is 5.75 Å². The molecule has 0 atom stereocenters. The Hall–Kier alpha value is -1.68. The summed E-state index contributed by atoms with van der Waals surface area (Å²) in [5.74, 6) is 0.289. The highest BCUT2D eigenvalue weighted by atomic mass is 79.9. The molecule has 0 saturated heterocycles. The number of benzene rings is 2. The van der Waals surface area contributed by atoms with Crippen LogP contribution in [0.1, 0.15) is 15.9 Å². The van der Waals surface area contributed by atoms with Crippen LogP contribution in [0.5, 0.6) is 5.75 Å². The monoisotopic (exact) mass is 308 g/mol. The van der Waals surface area contributed by atoms with Crippen molar-refractivity contribution in [1.29, 1.82) is 0 Å². The van der Waals surface area contributed by atoms with Gasteiger partial charge in [-0.3, -0.25) is 4.79 Å². The molecule has 18 heavy (non-hydrogen) atoms. The summed E-state index contributed by atoms with van der Waals surface area (Å²) in [6.07, 6.45) is 0.762. The molecule has 4 heteroatoms. The summed E-state index contributed by atoms with van der Waals surface area (Å²) in [6.45, 7) is 0.152. The second kappa shape index (κ2) is 5.78. The Morgan fingerprint density at radius 3 is 2.50 bits per heavy atom. The van der Waals surface area contributed by atoms with Gasteiger partial charge >= 0.3 is 0 Å². The Kier molecular flexibility index (Phi) is 4.10. The van der Waals surface area contributed by atoms with Crippen LogP contribution in [0.15, 0.2) is 46.9 Å². The summed E-state index contributed by atoms with van der Waals surface area (Å²) in [5, 5.41) is 0. The van der Waals surface area contributed by atoms with Gasteiger partial charge < -0.3 is 4.74 Å². The van der Waals surface area contributed by atoms with Gasteiger partial charge in [0.05, 0.1) is 0 Å². The molecule has 2 nitrogen and oxygen atoms in total. The largest absolute Gasteiger partial charge is 0.489 e. The molecule has 0 amide bonds. The fraction of sp³-hybridized carbons (Fsp3) is 0.0714. The van der Waals surface area contributed by atoms with E-state index in [0.717, 1.165) is 6.29 Å². The highest BCUT2D eigenvalue weighted by Gasteiger charge is 2.03. The first-order valence-electron chi connectivity index (χ1n) is 5.31. The van der Waals surface area contributed by atoms with E-state index in [-0.39, 0.29) is 12.4 Å². The van der Waals surface area contributed by atoms with Crippen molar-refractivity contribution in [2.75, 3.05) is 0 Å². The maximum Gasteiger partial charge on any atom is 0.150 e. The predicted octanol–water partition coefficient (Wildman–Crippen LogP) is 3.98. The van der Waals surface area contributed by atoms with Gasteiger partial charge in [-0.2, -0.15) is 0 Å². The molecule has 0 N–H and O–H groups in total. The molecule has 92 valence electrons. The molecule has 0 radical (unpaired) electrons. The Morgan fingerprint density at radius 1 is 1.17 bits per heavy atom. The Morgan fingerprint density at radius 2 is 1.89 bits per heavy atom. The quantitative estimate of drug-likeness (QED) is 0.799. The lowest BCUT2D eigenvalue weighted by Gasteiger charge is -2.07. The second-order valence-corrected chi connectivity index (χ2v) is 4.63. The average Bonchev–Trinajstić information content (AvgIpc) is 2.38. The van der Waals surface area contributed by atoms with Gasteiger partial charge in [0.1, 0.15) is 24.5 Å². The third-order valence-corrected chi connectivity index (χ3v) is 2.92. The topological polar surface area (TPSA) is 26.3 Å². The number of hydrogen-bond donors (Lipinski definition) is 0. The molecule has 2 aromatic carbocycles. The summed E-state index contributed by atoms with van der Waals surface area (Å²) < 4.78 is 19.7. The highest BCUT2D eigenvalue weighted by molar-refractivity contribution is 9.10. The Labute approximate surface area is 113 Å². The minimum Gasteiger partial charge on any atom is -0.489 e. The third-order valence-electron chi connectivity index (χ3n) is 2.43. The van der Waals surface area contributed by atoms with Crippen LogP contribution in [-0.2, 0) is 6.61 Å². The molecular weight excluding hydrogens is 299 g/mol. The van der Waals surface area contributed by atoms with Crippen LogP contribution in [0.2, 0.25) is 0 Å². The van der Waals surface area contributed by atoms with E-state index < -0.39 is 0 Å². The fourth-order valence-corrected chi connectivity index (χ4v) is 1.78. The Balaban J connectivity index is 2.04. The number of rotatable bonds is 4. The second-order valence-electron chi connectivity index (χ2n) is 3.71. The van der Waals surface area contributed by atoms with Gasteiger partial charge in [-0.15, -0.1) is 0 Å². The molecule has 0 unspecified atom stereocenters. The number of ether oxygens (including phenoxy) is 1. The van der Waals surface area contributed by atoms with Crippen LogP contribution >= 0.6 is 15.9 Å². The van der Waals surface area contributed by atoms with E-state index in [4.69, 9.17) is 4.74 Å². The van der Waals surface area contributed by atoms with Gasteiger partial charge in [0, 0.05) is 15.6 Å². The molecule has 0 aliphatic carbocycles. The standard InChI is InChI=1S/C14H10BrFO2/c15-12-4-3-11(14(16)7-12)9-18-13-5-1-10(8-17)2-6-13/h1-8H,9H2. The van der Waals surface area contributed by atoms with Gasteiger partial charge in [-0.05, 0) is 36.4 Å². The SMILES string of the molecule is O=Cc1ccc(OCc2ccc(Br)cc2F)cc1. The van der Waals surface area contributed by atoms with Crippen molar-refractivity contribution < 1.29 is 13.9 Å². The first-order valence-corrected chi connectivity index (χ1v) is 6.10. The van der Waals surface area contributed by atoms with E-state index in [1.807, 2.05) is 0 Å². The lowest BCUT2D eigenvalue weighted by Crippen LogP contribution is -1.98. The van der Waals surface area contributed by atoms with E-state index in [9.17, 15) is 9.18 Å². The van der Waals surface area contributed by atoms with Gasteiger partial charge in [-0.1, -0.05) is 22.0 Å². The van der Waals surface area contributed by atoms with E-state index in [0.29, 0.717) is 21.3 Å². The van der Waals surface area contributed by atoms with E-state index in [1.54, 1.807) is 36.4 Å². The summed E-state index contributed by atoms with van der Waals surface area (Å²) in [5.41, 5.74) is 1.06. The van der Waals surface area contributed by atoms with E-state index >= 15 is 0 Å². The van der Waals surface area contributed by atoms with Crippen LogP contribution in [0.25, 0.3) is 0 Å². The van der Waals surface area contributed by atoms with Crippen molar-refractivity contribution in [3.63, 3.8) is 0 Å². The molecule has 0 fully saturated rings. The maximum absolute atomic E-state index is 13.5. The number of hydrogen-bond acceptors (Lipinski definition) is 2.